The van der Waals surface area contributed by atoms with Crippen molar-refractivity contribution >= 4 is 39.2 Å². The van der Waals surface area contributed by atoms with Gasteiger partial charge in [0.15, 0.2) is 6.61 Å². The maximum Gasteiger partial charge on any atom is 0.338 e. The Morgan fingerprint density at radius 3 is 2.36 bits per heavy atom. The molecule has 2 aromatic rings. The van der Waals surface area contributed by atoms with Crippen molar-refractivity contribution in [3.05, 3.63) is 58.6 Å². The van der Waals surface area contributed by atoms with E-state index in [9.17, 15) is 18.0 Å². The van der Waals surface area contributed by atoms with E-state index in [4.69, 9.17) is 26.9 Å². The SMILES string of the molecule is Cc1cc(N(CCC#N)C(=O)COC(=O)c2ccc(S(=O)(=O)NCCC#N)cc2)ccc1Cl. The van der Waals surface area contributed by atoms with Crippen LogP contribution in [0.4, 0.5) is 5.69 Å². The van der Waals surface area contributed by atoms with Gasteiger partial charge in [-0.25, -0.2) is 17.9 Å². The summed E-state index contributed by atoms with van der Waals surface area (Å²) in [6.45, 7) is 1.29. The lowest BCUT2D eigenvalue weighted by Crippen LogP contribution is -2.35. The molecule has 172 valence electrons. The molecule has 0 unspecified atom stereocenters. The first-order valence-corrected chi connectivity index (χ1v) is 11.6. The molecule has 0 radical (unpaired) electrons. The zero-order chi connectivity index (χ0) is 24.4. The topological polar surface area (TPSA) is 140 Å². The Morgan fingerprint density at radius 1 is 1.09 bits per heavy atom. The normalized spacial score (nSPS) is 10.7. The van der Waals surface area contributed by atoms with Gasteiger partial charge in [0, 0.05) is 30.2 Å². The lowest BCUT2D eigenvalue weighted by atomic mass is 10.2. The Labute approximate surface area is 197 Å². The van der Waals surface area contributed by atoms with Crippen LogP contribution >= 0.6 is 11.6 Å². The van der Waals surface area contributed by atoms with E-state index in [1.54, 1.807) is 25.1 Å². The van der Waals surface area contributed by atoms with Gasteiger partial charge < -0.3 is 9.64 Å². The largest absolute Gasteiger partial charge is 0.452 e. The summed E-state index contributed by atoms with van der Waals surface area (Å²) in [6, 6.07) is 13.8. The summed E-state index contributed by atoms with van der Waals surface area (Å²) in [5, 5.41) is 17.9. The molecular weight excluding hydrogens is 468 g/mol. The average molecular weight is 489 g/mol. The van der Waals surface area contributed by atoms with Crippen LogP contribution in [0.15, 0.2) is 47.4 Å². The van der Waals surface area contributed by atoms with Crippen molar-refractivity contribution < 1.29 is 22.7 Å². The minimum Gasteiger partial charge on any atom is -0.452 e. The maximum absolute atomic E-state index is 12.7. The van der Waals surface area contributed by atoms with Gasteiger partial charge in [0.05, 0.1) is 29.0 Å². The summed E-state index contributed by atoms with van der Waals surface area (Å²) in [5.41, 5.74) is 1.33. The third-order valence-electron chi connectivity index (χ3n) is 4.46. The molecular formula is C22H21ClN4O5S. The van der Waals surface area contributed by atoms with Crippen LogP contribution in [0.3, 0.4) is 0 Å². The van der Waals surface area contributed by atoms with Crippen molar-refractivity contribution in [2.75, 3.05) is 24.6 Å². The molecule has 0 aliphatic carbocycles. The Morgan fingerprint density at radius 2 is 1.76 bits per heavy atom. The van der Waals surface area contributed by atoms with Crippen LogP contribution in [-0.4, -0.2) is 40.0 Å². The first-order chi connectivity index (χ1) is 15.7. The second kappa shape index (κ2) is 12.0. The van der Waals surface area contributed by atoms with Crippen molar-refractivity contribution in [3.8, 4) is 12.1 Å². The van der Waals surface area contributed by atoms with Crippen LogP contribution in [0, 0.1) is 29.6 Å². The van der Waals surface area contributed by atoms with E-state index in [1.807, 2.05) is 12.1 Å². The molecule has 0 fully saturated rings. The number of ether oxygens (including phenoxy) is 1. The number of sulfonamides is 1. The molecule has 0 atom stereocenters. The number of aryl methyl sites for hydroxylation is 1. The van der Waals surface area contributed by atoms with E-state index in [2.05, 4.69) is 4.72 Å². The second-order valence-corrected chi connectivity index (χ2v) is 8.97. The van der Waals surface area contributed by atoms with Crippen LogP contribution in [0.1, 0.15) is 28.8 Å². The lowest BCUT2D eigenvalue weighted by Gasteiger charge is -2.22. The predicted octanol–water partition coefficient (Wildman–Crippen LogP) is 2.94. The number of amides is 1. The number of carbonyl (C=O) groups excluding carboxylic acids is 2. The first-order valence-electron chi connectivity index (χ1n) is 9.77. The number of nitriles is 2. The molecule has 0 saturated carbocycles. The Kier molecular flexibility index (Phi) is 9.37. The summed E-state index contributed by atoms with van der Waals surface area (Å²) in [4.78, 5) is 26.3. The molecule has 11 heteroatoms. The van der Waals surface area contributed by atoms with Crippen molar-refractivity contribution in [2.24, 2.45) is 0 Å². The van der Waals surface area contributed by atoms with E-state index in [0.29, 0.717) is 10.7 Å². The van der Waals surface area contributed by atoms with Crippen LogP contribution in [0.25, 0.3) is 0 Å². The Hall–Kier alpha value is -3.44. The molecule has 1 N–H and O–H groups in total. The van der Waals surface area contributed by atoms with E-state index in [1.165, 1.54) is 29.2 Å². The number of benzene rings is 2. The first kappa shape index (κ1) is 25.8. The van der Waals surface area contributed by atoms with Gasteiger partial charge in [-0.3, -0.25) is 4.79 Å². The highest BCUT2D eigenvalue weighted by molar-refractivity contribution is 7.89. The average Bonchev–Trinajstić information content (AvgIpc) is 2.80. The third-order valence-corrected chi connectivity index (χ3v) is 6.36. The van der Waals surface area contributed by atoms with Crippen LogP contribution in [-0.2, 0) is 19.6 Å². The number of esters is 1. The molecule has 2 aromatic carbocycles. The van der Waals surface area contributed by atoms with Crippen molar-refractivity contribution in [3.63, 3.8) is 0 Å². The van der Waals surface area contributed by atoms with E-state index in [-0.39, 0.29) is 36.4 Å². The number of nitrogens with zero attached hydrogens (tertiary/aromatic N) is 3. The Bertz CT molecular complexity index is 1200. The highest BCUT2D eigenvalue weighted by Crippen LogP contribution is 2.23. The third kappa shape index (κ3) is 7.29. The quantitative estimate of drug-likeness (QED) is 0.400. The summed E-state index contributed by atoms with van der Waals surface area (Å²) < 4.78 is 31.6. The number of hydrogen-bond donors (Lipinski definition) is 1. The minimum absolute atomic E-state index is 0.0264. The van der Waals surface area contributed by atoms with Gasteiger partial charge in [-0.2, -0.15) is 10.5 Å². The highest BCUT2D eigenvalue weighted by Gasteiger charge is 2.20. The number of anilines is 1. The van der Waals surface area contributed by atoms with Gasteiger partial charge >= 0.3 is 5.97 Å². The molecule has 2 rings (SSSR count). The lowest BCUT2D eigenvalue weighted by molar-refractivity contribution is -0.121. The van der Waals surface area contributed by atoms with Crippen LogP contribution in [0.5, 0.6) is 0 Å². The Balaban J connectivity index is 2.05. The number of carbonyl (C=O) groups is 2. The number of rotatable bonds is 10. The highest BCUT2D eigenvalue weighted by atomic mass is 35.5. The summed E-state index contributed by atoms with van der Waals surface area (Å²) in [7, 11) is -3.81. The molecule has 1 amide bonds. The zero-order valence-electron chi connectivity index (χ0n) is 17.7. The van der Waals surface area contributed by atoms with Crippen molar-refractivity contribution in [2.45, 2.75) is 24.7 Å². The van der Waals surface area contributed by atoms with Gasteiger partial charge in [0.2, 0.25) is 10.0 Å². The smallest absolute Gasteiger partial charge is 0.338 e. The van der Waals surface area contributed by atoms with E-state index in [0.717, 1.165) is 5.56 Å². The molecule has 33 heavy (non-hydrogen) atoms. The summed E-state index contributed by atoms with van der Waals surface area (Å²) in [5.74, 6) is -1.33. The van der Waals surface area contributed by atoms with Gasteiger partial charge in [-0.1, -0.05) is 11.6 Å². The fourth-order valence-corrected chi connectivity index (χ4v) is 3.89. The van der Waals surface area contributed by atoms with E-state index >= 15 is 0 Å². The number of nitrogens with one attached hydrogen (secondary N) is 1. The van der Waals surface area contributed by atoms with Gasteiger partial charge in [0.1, 0.15) is 0 Å². The monoisotopic (exact) mass is 488 g/mol. The van der Waals surface area contributed by atoms with Gasteiger partial charge in [0.25, 0.3) is 5.91 Å². The summed E-state index contributed by atoms with van der Waals surface area (Å²) in [6.07, 6.45) is 0.109. The zero-order valence-corrected chi connectivity index (χ0v) is 19.3. The second-order valence-electron chi connectivity index (χ2n) is 6.79. The minimum atomic E-state index is -3.81. The van der Waals surface area contributed by atoms with Gasteiger partial charge in [-0.05, 0) is 55.0 Å². The molecule has 0 spiro atoms. The van der Waals surface area contributed by atoms with Crippen molar-refractivity contribution in [1.29, 1.82) is 10.5 Å². The van der Waals surface area contributed by atoms with E-state index < -0.39 is 28.5 Å². The van der Waals surface area contributed by atoms with Gasteiger partial charge in [-0.15, -0.1) is 0 Å². The summed E-state index contributed by atoms with van der Waals surface area (Å²) >= 11 is 6.03. The maximum atomic E-state index is 12.7. The molecule has 0 aliphatic heterocycles. The number of hydrogen-bond acceptors (Lipinski definition) is 7. The molecule has 0 aliphatic rings. The molecule has 9 nitrogen and oxygen atoms in total. The van der Waals surface area contributed by atoms with Crippen molar-refractivity contribution in [1.82, 2.24) is 4.72 Å². The fourth-order valence-electron chi connectivity index (χ4n) is 2.74. The molecule has 0 heterocycles. The fraction of sp³-hybridized carbons (Fsp3) is 0.273. The molecule has 0 aromatic heterocycles. The molecule has 0 saturated heterocycles. The van der Waals surface area contributed by atoms with Crippen LogP contribution in [0.2, 0.25) is 5.02 Å². The molecule has 0 bridgehead atoms. The predicted molar refractivity (Wildman–Crippen MR) is 121 cm³/mol. The number of halogens is 1. The standard InChI is InChI=1S/C22H21ClN4O5S/c1-16-14-18(6-9-20(16)23)27(13-3-11-25)21(28)15-32-22(29)17-4-7-19(8-5-17)33(30,31)26-12-2-10-24/h4-9,14,26H,2-3,12-13,15H2,1H3. The van der Waals surface area contributed by atoms with Crippen LogP contribution < -0.4 is 9.62 Å².